The van der Waals surface area contributed by atoms with Crippen molar-refractivity contribution in [1.29, 1.82) is 0 Å². The fourth-order valence-corrected chi connectivity index (χ4v) is 4.59. The number of benzene rings is 1. The summed E-state index contributed by atoms with van der Waals surface area (Å²) in [5.74, 6) is 0.572. The lowest BCUT2D eigenvalue weighted by Crippen LogP contribution is -2.46. The van der Waals surface area contributed by atoms with E-state index in [-0.39, 0.29) is 23.8 Å². The van der Waals surface area contributed by atoms with Crippen molar-refractivity contribution in [2.24, 2.45) is 11.8 Å². The molecule has 0 radical (unpaired) electrons. The first-order valence-electron chi connectivity index (χ1n) is 10.2. The molecule has 150 valence electrons. The van der Waals surface area contributed by atoms with Gasteiger partial charge in [-0.1, -0.05) is 50.2 Å². The molecule has 0 spiro atoms. The van der Waals surface area contributed by atoms with Crippen LogP contribution in [0.5, 0.6) is 0 Å². The number of hydrogen-bond donors (Lipinski definition) is 1. The van der Waals surface area contributed by atoms with Gasteiger partial charge >= 0.3 is 0 Å². The van der Waals surface area contributed by atoms with Crippen LogP contribution in [-0.2, 0) is 16.0 Å². The van der Waals surface area contributed by atoms with Gasteiger partial charge in [-0.3, -0.25) is 9.59 Å². The molecule has 5 heteroatoms. The molecule has 1 N–H and O–H groups in total. The van der Waals surface area contributed by atoms with Gasteiger partial charge in [-0.2, -0.15) is 0 Å². The summed E-state index contributed by atoms with van der Waals surface area (Å²) in [7, 11) is 0. The van der Waals surface area contributed by atoms with Crippen LogP contribution in [-0.4, -0.2) is 29.8 Å². The Morgan fingerprint density at radius 3 is 2.64 bits per heavy atom. The fraction of sp³-hybridized carbons (Fsp3) is 0.478. The second-order valence-corrected chi connectivity index (χ2v) is 9.03. The monoisotopic (exact) mass is 398 g/mol. The third-order valence-electron chi connectivity index (χ3n) is 5.25. The number of thiophene rings is 1. The molecule has 1 aromatic carbocycles. The van der Waals surface area contributed by atoms with Crippen molar-refractivity contribution in [3.63, 3.8) is 0 Å². The number of amides is 2. The summed E-state index contributed by atoms with van der Waals surface area (Å²) in [5.41, 5.74) is 1.02. The van der Waals surface area contributed by atoms with Crippen LogP contribution >= 0.6 is 11.3 Å². The first-order valence-corrected chi connectivity index (χ1v) is 11.1. The molecule has 2 unspecified atom stereocenters. The largest absolute Gasteiger partial charge is 0.348 e. The quantitative estimate of drug-likeness (QED) is 0.750. The predicted molar refractivity (Wildman–Crippen MR) is 114 cm³/mol. The molecule has 1 aromatic heterocycles. The van der Waals surface area contributed by atoms with Crippen LogP contribution in [0.4, 0.5) is 0 Å². The van der Waals surface area contributed by atoms with Crippen LogP contribution < -0.4 is 5.32 Å². The Morgan fingerprint density at radius 2 is 1.96 bits per heavy atom. The van der Waals surface area contributed by atoms with Crippen molar-refractivity contribution < 1.29 is 9.59 Å². The molecule has 28 heavy (non-hydrogen) atoms. The summed E-state index contributed by atoms with van der Waals surface area (Å²) in [6.45, 7) is 5.63. The minimum absolute atomic E-state index is 0.0582. The lowest BCUT2D eigenvalue weighted by molar-refractivity contribution is -0.135. The zero-order valence-electron chi connectivity index (χ0n) is 16.8. The molecular formula is C23H30N2O2S. The van der Waals surface area contributed by atoms with Gasteiger partial charge in [0.1, 0.15) is 0 Å². The van der Waals surface area contributed by atoms with Gasteiger partial charge in [0, 0.05) is 18.0 Å². The Balaban J connectivity index is 1.59. The predicted octanol–water partition coefficient (Wildman–Crippen LogP) is 4.43. The van der Waals surface area contributed by atoms with Gasteiger partial charge in [-0.15, -0.1) is 11.3 Å². The number of hydrogen-bond acceptors (Lipinski definition) is 3. The minimum Gasteiger partial charge on any atom is -0.348 e. The van der Waals surface area contributed by atoms with Gasteiger partial charge in [0.2, 0.25) is 11.8 Å². The van der Waals surface area contributed by atoms with Crippen molar-refractivity contribution >= 4 is 23.2 Å². The SMILES string of the molecule is CC(C)CC(NC(=O)C1CCCN(C(=O)Cc2ccccc2)C1)c1cccs1. The lowest BCUT2D eigenvalue weighted by Gasteiger charge is -2.33. The summed E-state index contributed by atoms with van der Waals surface area (Å²) in [4.78, 5) is 28.7. The van der Waals surface area contributed by atoms with Crippen LogP contribution in [0, 0.1) is 11.8 Å². The smallest absolute Gasteiger partial charge is 0.227 e. The Hall–Kier alpha value is -2.14. The Bertz CT molecular complexity index is 758. The Labute approximate surface area is 172 Å². The van der Waals surface area contributed by atoms with E-state index >= 15 is 0 Å². The lowest BCUT2D eigenvalue weighted by atomic mass is 9.95. The van der Waals surface area contributed by atoms with Crippen molar-refractivity contribution in [3.8, 4) is 0 Å². The second-order valence-electron chi connectivity index (χ2n) is 8.05. The molecule has 2 aromatic rings. The number of rotatable bonds is 7. The molecule has 1 saturated heterocycles. The van der Waals surface area contributed by atoms with Crippen molar-refractivity contribution in [3.05, 3.63) is 58.3 Å². The van der Waals surface area contributed by atoms with E-state index in [1.54, 1.807) is 11.3 Å². The maximum atomic E-state index is 13.0. The summed E-state index contributed by atoms with van der Waals surface area (Å²) < 4.78 is 0. The highest BCUT2D eigenvalue weighted by atomic mass is 32.1. The van der Waals surface area contributed by atoms with Gasteiger partial charge in [0.05, 0.1) is 18.4 Å². The third-order valence-corrected chi connectivity index (χ3v) is 6.24. The number of nitrogens with zero attached hydrogens (tertiary/aromatic N) is 1. The molecule has 1 fully saturated rings. The number of carbonyl (C=O) groups is 2. The molecular weight excluding hydrogens is 368 g/mol. The van der Waals surface area contributed by atoms with Gasteiger partial charge in [-0.25, -0.2) is 0 Å². The highest BCUT2D eigenvalue weighted by molar-refractivity contribution is 7.10. The van der Waals surface area contributed by atoms with Crippen LogP contribution in [0.2, 0.25) is 0 Å². The van der Waals surface area contributed by atoms with E-state index < -0.39 is 0 Å². The molecule has 2 amide bonds. The molecule has 1 aliphatic rings. The minimum atomic E-state index is -0.122. The summed E-state index contributed by atoms with van der Waals surface area (Å²) in [6.07, 6.45) is 3.06. The van der Waals surface area contributed by atoms with Crippen LogP contribution in [0.1, 0.15) is 49.6 Å². The van der Waals surface area contributed by atoms with E-state index in [1.165, 1.54) is 4.88 Å². The van der Waals surface area contributed by atoms with E-state index in [0.717, 1.165) is 31.4 Å². The van der Waals surface area contributed by atoms with Crippen LogP contribution in [0.25, 0.3) is 0 Å². The normalized spacial score (nSPS) is 18.1. The highest BCUT2D eigenvalue weighted by Crippen LogP contribution is 2.27. The first kappa shape index (κ1) is 20.6. The molecule has 0 aliphatic carbocycles. The second kappa shape index (κ2) is 9.87. The van der Waals surface area contributed by atoms with Crippen molar-refractivity contribution in [2.45, 2.75) is 45.6 Å². The zero-order valence-corrected chi connectivity index (χ0v) is 17.6. The molecule has 3 rings (SSSR count). The number of piperidine rings is 1. The first-order chi connectivity index (χ1) is 13.5. The van der Waals surface area contributed by atoms with Gasteiger partial charge in [0.15, 0.2) is 0 Å². The van der Waals surface area contributed by atoms with Crippen molar-refractivity contribution in [2.75, 3.05) is 13.1 Å². The molecule has 0 saturated carbocycles. The maximum absolute atomic E-state index is 13.0. The summed E-state index contributed by atoms with van der Waals surface area (Å²) >= 11 is 1.69. The zero-order chi connectivity index (χ0) is 19.9. The topological polar surface area (TPSA) is 49.4 Å². The standard InChI is InChI=1S/C23H30N2O2S/c1-17(2)14-20(21-11-7-13-28-21)24-23(27)19-10-6-12-25(16-19)22(26)15-18-8-4-3-5-9-18/h3-5,7-9,11,13,17,19-20H,6,10,12,14-16H2,1-2H3,(H,24,27). The van der Waals surface area contributed by atoms with E-state index in [2.05, 4.69) is 30.6 Å². The Kier molecular flexibility index (Phi) is 7.26. The Morgan fingerprint density at radius 1 is 1.18 bits per heavy atom. The third kappa shape index (κ3) is 5.68. The van der Waals surface area contributed by atoms with E-state index in [9.17, 15) is 9.59 Å². The van der Waals surface area contributed by atoms with E-state index in [4.69, 9.17) is 0 Å². The fourth-order valence-electron chi connectivity index (χ4n) is 3.80. The maximum Gasteiger partial charge on any atom is 0.227 e. The van der Waals surface area contributed by atoms with Gasteiger partial charge in [-0.05, 0) is 42.2 Å². The van der Waals surface area contributed by atoms with Crippen LogP contribution in [0.3, 0.4) is 0 Å². The average molecular weight is 399 g/mol. The van der Waals surface area contributed by atoms with Gasteiger partial charge in [0.25, 0.3) is 0 Å². The van der Waals surface area contributed by atoms with E-state index in [1.807, 2.05) is 41.3 Å². The van der Waals surface area contributed by atoms with Gasteiger partial charge < -0.3 is 10.2 Å². The molecule has 4 nitrogen and oxygen atoms in total. The molecule has 2 atom stereocenters. The summed E-state index contributed by atoms with van der Waals surface area (Å²) in [5, 5.41) is 5.32. The number of nitrogens with one attached hydrogen (secondary N) is 1. The van der Waals surface area contributed by atoms with E-state index in [0.29, 0.717) is 18.9 Å². The van der Waals surface area contributed by atoms with Crippen molar-refractivity contribution in [1.82, 2.24) is 10.2 Å². The average Bonchev–Trinajstić information content (AvgIpc) is 3.23. The molecule has 1 aliphatic heterocycles. The molecule has 2 heterocycles. The number of likely N-dealkylation sites (tertiary alicyclic amines) is 1. The van der Waals surface area contributed by atoms with Crippen LogP contribution in [0.15, 0.2) is 47.8 Å². The highest BCUT2D eigenvalue weighted by Gasteiger charge is 2.30. The summed E-state index contributed by atoms with van der Waals surface area (Å²) in [6, 6.07) is 14.0. The number of carbonyl (C=O) groups excluding carboxylic acids is 2. The molecule has 0 bridgehead atoms.